The Hall–Kier alpha value is -0.0800. The van der Waals surface area contributed by atoms with Crippen molar-refractivity contribution >= 4 is 0 Å². The Morgan fingerprint density at radius 1 is 0.938 bits per heavy atom. The summed E-state index contributed by atoms with van der Waals surface area (Å²) in [6, 6.07) is 0. The van der Waals surface area contributed by atoms with Crippen molar-refractivity contribution in [1.82, 2.24) is 0 Å². The molecule has 0 fully saturated rings. The molecule has 0 aromatic rings. The summed E-state index contributed by atoms with van der Waals surface area (Å²) >= 11 is 0. The molecule has 0 aliphatic heterocycles. The van der Waals surface area contributed by atoms with Gasteiger partial charge in [0.2, 0.25) is 0 Å². The van der Waals surface area contributed by atoms with E-state index in [1.54, 1.807) is 0 Å². The largest absolute Gasteiger partial charge is 0.396 e. The van der Waals surface area contributed by atoms with Crippen LogP contribution in [0.2, 0.25) is 0 Å². The van der Waals surface area contributed by atoms with Crippen LogP contribution in [-0.4, -0.2) is 22.9 Å². The standard InChI is InChI=1S/C14H30O2/c1-3-5-6-7-8-9-10-13(12-15)11-14(16)4-2/h13-16H,3-12H2,1-2H3. The minimum atomic E-state index is -0.225. The molecule has 2 N–H and O–H groups in total. The molecule has 2 heteroatoms. The lowest BCUT2D eigenvalue weighted by Crippen LogP contribution is -2.15. The third-order valence-electron chi connectivity index (χ3n) is 3.30. The van der Waals surface area contributed by atoms with Crippen molar-refractivity contribution in [1.29, 1.82) is 0 Å². The number of aliphatic hydroxyl groups excluding tert-OH is 2. The molecule has 0 radical (unpaired) electrons. The van der Waals surface area contributed by atoms with Gasteiger partial charge >= 0.3 is 0 Å². The molecule has 0 aliphatic rings. The molecule has 16 heavy (non-hydrogen) atoms. The number of unbranched alkanes of at least 4 members (excludes halogenated alkanes) is 5. The van der Waals surface area contributed by atoms with E-state index in [-0.39, 0.29) is 12.7 Å². The van der Waals surface area contributed by atoms with Gasteiger partial charge in [0.25, 0.3) is 0 Å². The highest BCUT2D eigenvalue weighted by Gasteiger charge is 2.11. The van der Waals surface area contributed by atoms with Crippen LogP contribution in [0, 0.1) is 5.92 Å². The van der Waals surface area contributed by atoms with Crippen LogP contribution in [-0.2, 0) is 0 Å². The molecule has 0 aliphatic carbocycles. The first-order valence-corrected chi connectivity index (χ1v) is 7.03. The van der Waals surface area contributed by atoms with Gasteiger partial charge in [-0.25, -0.2) is 0 Å². The van der Waals surface area contributed by atoms with E-state index in [0.717, 1.165) is 19.3 Å². The summed E-state index contributed by atoms with van der Waals surface area (Å²) in [5.41, 5.74) is 0. The smallest absolute Gasteiger partial charge is 0.0541 e. The molecule has 0 saturated heterocycles. The van der Waals surface area contributed by atoms with Crippen LogP contribution in [0.3, 0.4) is 0 Å². The molecule has 0 amide bonds. The first-order valence-electron chi connectivity index (χ1n) is 7.03. The summed E-state index contributed by atoms with van der Waals surface area (Å²) in [6.07, 6.45) is 10.2. The fraction of sp³-hybridized carbons (Fsp3) is 1.00. The van der Waals surface area contributed by atoms with Crippen LogP contribution in [0.5, 0.6) is 0 Å². The second-order valence-electron chi connectivity index (χ2n) is 4.90. The van der Waals surface area contributed by atoms with Crippen molar-refractivity contribution in [3.63, 3.8) is 0 Å². The molecule has 0 heterocycles. The lowest BCUT2D eigenvalue weighted by molar-refractivity contribution is 0.108. The van der Waals surface area contributed by atoms with E-state index in [1.807, 2.05) is 6.92 Å². The van der Waals surface area contributed by atoms with Gasteiger partial charge in [-0.1, -0.05) is 52.4 Å². The predicted molar refractivity (Wildman–Crippen MR) is 69.5 cm³/mol. The Balaban J connectivity index is 3.40. The first-order chi connectivity index (χ1) is 7.74. The number of aliphatic hydroxyl groups is 2. The van der Waals surface area contributed by atoms with Crippen molar-refractivity contribution in [3.8, 4) is 0 Å². The molecule has 0 aromatic carbocycles. The fourth-order valence-corrected chi connectivity index (χ4v) is 2.05. The van der Waals surface area contributed by atoms with Crippen molar-refractivity contribution < 1.29 is 10.2 Å². The number of hydrogen-bond donors (Lipinski definition) is 2. The minimum absolute atomic E-state index is 0.225. The van der Waals surface area contributed by atoms with Crippen LogP contribution >= 0.6 is 0 Å². The molecule has 0 saturated carbocycles. The maximum absolute atomic E-state index is 9.52. The number of rotatable bonds is 11. The molecule has 2 atom stereocenters. The van der Waals surface area contributed by atoms with Crippen molar-refractivity contribution in [2.75, 3.05) is 6.61 Å². The normalized spacial score (nSPS) is 15.0. The van der Waals surface area contributed by atoms with Crippen LogP contribution in [0.4, 0.5) is 0 Å². The highest BCUT2D eigenvalue weighted by atomic mass is 16.3. The Labute approximate surface area is 101 Å². The zero-order valence-electron chi connectivity index (χ0n) is 11.1. The van der Waals surface area contributed by atoms with Gasteiger partial charge in [-0.15, -0.1) is 0 Å². The van der Waals surface area contributed by atoms with Crippen LogP contribution in [0.15, 0.2) is 0 Å². The van der Waals surface area contributed by atoms with Gasteiger partial charge in [-0.3, -0.25) is 0 Å². The number of hydrogen-bond acceptors (Lipinski definition) is 2. The van der Waals surface area contributed by atoms with Gasteiger partial charge in [0.05, 0.1) is 6.10 Å². The highest BCUT2D eigenvalue weighted by Crippen LogP contribution is 2.17. The zero-order chi connectivity index (χ0) is 12.2. The third kappa shape index (κ3) is 9.17. The fourth-order valence-electron chi connectivity index (χ4n) is 2.05. The average molecular weight is 230 g/mol. The molecule has 2 nitrogen and oxygen atoms in total. The maximum atomic E-state index is 9.52. The summed E-state index contributed by atoms with van der Waals surface area (Å²) in [4.78, 5) is 0. The van der Waals surface area contributed by atoms with E-state index in [9.17, 15) is 10.2 Å². The Morgan fingerprint density at radius 3 is 2.12 bits per heavy atom. The van der Waals surface area contributed by atoms with E-state index in [1.165, 1.54) is 38.5 Å². The minimum Gasteiger partial charge on any atom is -0.396 e. The van der Waals surface area contributed by atoms with Gasteiger partial charge < -0.3 is 10.2 Å². The third-order valence-corrected chi connectivity index (χ3v) is 3.30. The first kappa shape index (κ1) is 15.9. The van der Waals surface area contributed by atoms with Gasteiger partial charge in [-0.05, 0) is 25.2 Å². The lowest BCUT2D eigenvalue weighted by Gasteiger charge is -2.17. The lowest BCUT2D eigenvalue weighted by atomic mass is 9.94. The summed E-state index contributed by atoms with van der Waals surface area (Å²) in [7, 11) is 0. The zero-order valence-corrected chi connectivity index (χ0v) is 11.1. The molecule has 2 unspecified atom stereocenters. The summed E-state index contributed by atoms with van der Waals surface area (Å²) in [5.74, 6) is 0.307. The van der Waals surface area contributed by atoms with Crippen molar-refractivity contribution in [2.45, 2.75) is 77.7 Å². The molecule has 0 spiro atoms. The van der Waals surface area contributed by atoms with Gasteiger partial charge in [0.15, 0.2) is 0 Å². The Bertz CT molecular complexity index is 137. The molecule has 0 rings (SSSR count). The SMILES string of the molecule is CCCCCCCCC(CO)CC(O)CC. The second kappa shape index (κ2) is 11.4. The maximum Gasteiger partial charge on any atom is 0.0541 e. The van der Waals surface area contributed by atoms with Gasteiger partial charge in [0, 0.05) is 6.61 Å². The quantitative estimate of drug-likeness (QED) is 0.533. The van der Waals surface area contributed by atoms with E-state index in [2.05, 4.69) is 6.92 Å². The molecule has 0 aromatic heterocycles. The summed E-state index contributed by atoms with van der Waals surface area (Å²) < 4.78 is 0. The van der Waals surface area contributed by atoms with Crippen LogP contribution < -0.4 is 0 Å². The molecular weight excluding hydrogens is 200 g/mol. The molecule has 0 bridgehead atoms. The Kier molecular flexibility index (Phi) is 11.3. The monoisotopic (exact) mass is 230 g/mol. The predicted octanol–water partition coefficient (Wildman–Crippen LogP) is 3.51. The van der Waals surface area contributed by atoms with E-state index >= 15 is 0 Å². The van der Waals surface area contributed by atoms with E-state index < -0.39 is 0 Å². The van der Waals surface area contributed by atoms with Crippen LogP contribution in [0.1, 0.15) is 71.6 Å². The van der Waals surface area contributed by atoms with E-state index in [0.29, 0.717) is 5.92 Å². The van der Waals surface area contributed by atoms with E-state index in [4.69, 9.17) is 0 Å². The van der Waals surface area contributed by atoms with Gasteiger partial charge in [-0.2, -0.15) is 0 Å². The summed E-state index contributed by atoms with van der Waals surface area (Å²) in [5, 5.41) is 18.7. The van der Waals surface area contributed by atoms with Crippen LogP contribution in [0.25, 0.3) is 0 Å². The Morgan fingerprint density at radius 2 is 1.56 bits per heavy atom. The van der Waals surface area contributed by atoms with Crippen molar-refractivity contribution in [2.24, 2.45) is 5.92 Å². The molecular formula is C14H30O2. The highest BCUT2D eigenvalue weighted by molar-refractivity contribution is 4.63. The average Bonchev–Trinajstić information content (AvgIpc) is 2.31. The summed E-state index contributed by atoms with van der Waals surface area (Å²) in [6.45, 7) is 4.45. The molecule has 98 valence electrons. The topological polar surface area (TPSA) is 40.5 Å². The van der Waals surface area contributed by atoms with Gasteiger partial charge in [0.1, 0.15) is 0 Å². The second-order valence-corrected chi connectivity index (χ2v) is 4.90. The van der Waals surface area contributed by atoms with Crippen molar-refractivity contribution in [3.05, 3.63) is 0 Å².